The lowest BCUT2D eigenvalue weighted by Gasteiger charge is -2.64. The van der Waals surface area contributed by atoms with E-state index in [0.29, 0.717) is 43.5 Å². The Labute approximate surface area is 271 Å². The van der Waals surface area contributed by atoms with Gasteiger partial charge < -0.3 is 14.2 Å². The van der Waals surface area contributed by atoms with Crippen LogP contribution < -0.4 is 0 Å². The van der Waals surface area contributed by atoms with E-state index in [9.17, 15) is 0 Å². The van der Waals surface area contributed by atoms with E-state index >= 15 is 0 Å². The van der Waals surface area contributed by atoms with Crippen LogP contribution in [0.2, 0.25) is 0 Å². The summed E-state index contributed by atoms with van der Waals surface area (Å²) in [5.74, 6) is 2.17. The average Bonchev–Trinajstić information content (AvgIpc) is 3.43. The van der Waals surface area contributed by atoms with E-state index in [1.165, 1.54) is 48.8 Å². The number of fused-ring (bicyclic) bond motifs is 5. The van der Waals surface area contributed by atoms with Crippen molar-refractivity contribution in [1.82, 2.24) is 0 Å². The van der Waals surface area contributed by atoms with Crippen molar-refractivity contribution in [3.05, 3.63) is 119 Å². The van der Waals surface area contributed by atoms with Gasteiger partial charge in [-0.3, -0.25) is 0 Å². The molecule has 0 saturated heterocycles. The van der Waals surface area contributed by atoms with E-state index in [2.05, 4.69) is 118 Å². The molecule has 5 unspecified atom stereocenters. The number of allylic oxidation sites excluding steroid dienone is 2. The highest BCUT2D eigenvalue weighted by Crippen LogP contribution is 2.68. The molecule has 3 aromatic carbocycles. The van der Waals surface area contributed by atoms with Gasteiger partial charge in [0.2, 0.25) is 0 Å². The topological polar surface area (TPSA) is 27.7 Å². The molecule has 0 spiro atoms. The number of ether oxygens (including phenoxy) is 3. The lowest BCUT2D eigenvalue weighted by atomic mass is 9.43. The van der Waals surface area contributed by atoms with Gasteiger partial charge >= 0.3 is 0 Å². The maximum Gasteiger partial charge on any atom is 0.0878 e. The first-order valence-electron chi connectivity index (χ1n) is 17.6. The lowest BCUT2D eigenvalue weighted by molar-refractivity contribution is -0.251. The molecule has 3 nitrogen and oxygen atoms in total. The van der Waals surface area contributed by atoms with Crippen LogP contribution in [0.5, 0.6) is 0 Å². The summed E-state index contributed by atoms with van der Waals surface area (Å²) in [6, 6.07) is 32.2. The van der Waals surface area contributed by atoms with Crippen LogP contribution in [0.15, 0.2) is 103 Å². The number of rotatable bonds is 9. The van der Waals surface area contributed by atoms with Crippen LogP contribution >= 0.6 is 0 Å². The van der Waals surface area contributed by atoms with Crippen molar-refractivity contribution < 1.29 is 14.2 Å². The molecule has 238 valence electrons. The molecule has 0 aliphatic heterocycles. The molecular formula is C42H52O3. The fraction of sp³-hybridized carbons (Fsp3) is 0.524. The van der Waals surface area contributed by atoms with E-state index in [1.54, 1.807) is 5.57 Å². The van der Waals surface area contributed by atoms with Gasteiger partial charge in [0.05, 0.1) is 38.1 Å². The molecule has 0 heterocycles. The van der Waals surface area contributed by atoms with Crippen LogP contribution in [0.4, 0.5) is 0 Å². The van der Waals surface area contributed by atoms with Gasteiger partial charge in [0.25, 0.3) is 0 Å². The first kappa shape index (κ1) is 30.9. The highest BCUT2D eigenvalue weighted by atomic mass is 16.5. The second kappa shape index (κ2) is 13.2. The zero-order chi connectivity index (χ0) is 30.9. The van der Waals surface area contributed by atoms with E-state index < -0.39 is 0 Å². The van der Waals surface area contributed by atoms with Crippen LogP contribution in [0.25, 0.3) is 0 Å². The van der Waals surface area contributed by atoms with Crippen LogP contribution in [0.1, 0.15) is 82.4 Å². The number of hydrogen-bond acceptors (Lipinski definition) is 3. The molecule has 0 bridgehead atoms. The van der Waals surface area contributed by atoms with E-state index in [1.807, 2.05) is 0 Å². The summed E-state index contributed by atoms with van der Waals surface area (Å²) in [5, 5.41) is 0. The molecule has 45 heavy (non-hydrogen) atoms. The predicted molar refractivity (Wildman–Crippen MR) is 181 cm³/mol. The SMILES string of the molecule is C/C=C1/CCC2C3C(OCc4ccccc4)[C@H](OCc4ccccc4)C4C[C@H](OCc5ccccc5)CC[C@]4(C)C3CC[C@]12C. The van der Waals surface area contributed by atoms with Crippen molar-refractivity contribution >= 4 is 0 Å². The van der Waals surface area contributed by atoms with Gasteiger partial charge in [0, 0.05) is 0 Å². The Morgan fingerprint density at radius 3 is 1.76 bits per heavy atom. The van der Waals surface area contributed by atoms with Gasteiger partial charge in [0.15, 0.2) is 0 Å². The predicted octanol–water partition coefficient (Wildman–Crippen LogP) is 9.95. The van der Waals surface area contributed by atoms with Crippen molar-refractivity contribution in [2.45, 2.75) is 104 Å². The summed E-state index contributed by atoms with van der Waals surface area (Å²) in [7, 11) is 0. The third-order valence-electron chi connectivity index (χ3n) is 12.7. The fourth-order valence-electron chi connectivity index (χ4n) is 10.4. The molecule has 9 atom stereocenters. The van der Waals surface area contributed by atoms with Crippen molar-refractivity contribution in [3.63, 3.8) is 0 Å². The molecule has 3 heteroatoms. The lowest BCUT2D eigenvalue weighted by Crippen LogP contribution is -2.65. The highest BCUT2D eigenvalue weighted by molar-refractivity contribution is 5.26. The Hall–Kier alpha value is -2.72. The third kappa shape index (κ3) is 5.97. The Morgan fingerprint density at radius 2 is 1.18 bits per heavy atom. The molecule has 0 N–H and O–H groups in total. The molecular weight excluding hydrogens is 552 g/mol. The van der Waals surface area contributed by atoms with Gasteiger partial charge in [-0.15, -0.1) is 0 Å². The largest absolute Gasteiger partial charge is 0.374 e. The average molecular weight is 605 g/mol. The summed E-state index contributed by atoms with van der Waals surface area (Å²) < 4.78 is 21.1. The summed E-state index contributed by atoms with van der Waals surface area (Å²) >= 11 is 0. The summed E-state index contributed by atoms with van der Waals surface area (Å²) in [4.78, 5) is 0. The van der Waals surface area contributed by atoms with Gasteiger partial charge in [-0.25, -0.2) is 0 Å². The monoisotopic (exact) mass is 604 g/mol. The minimum atomic E-state index is 0.0281. The van der Waals surface area contributed by atoms with Gasteiger partial charge in [0.1, 0.15) is 0 Å². The standard InChI is InChI=1S/C42H52O3/c1-4-33-20-21-35-38-36(23-25-41(33,35)2)42(3)24-22-34(43-27-30-14-8-5-9-15-30)26-37(42)39(44-28-31-16-10-6-11-17-31)40(38)45-29-32-18-12-7-13-19-32/h4-19,34-40H,20-29H2,1-3H3/b33-4-/t34-,35?,36?,37?,38?,39-,40?,41-,42-/m1/s1. The fourth-order valence-corrected chi connectivity index (χ4v) is 10.4. The second-order valence-electron chi connectivity index (χ2n) is 14.9. The maximum atomic E-state index is 7.23. The maximum absolute atomic E-state index is 7.23. The first-order valence-corrected chi connectivity index (χ1v) is 17.6. The molecule has 4 aliphatic carbocycles. The molecule has 0 aromatic heterocycles. The van der Waals surface area contributed by atoms with Crippen molar-refractivity contribution in [1.29, 1.82) is 0 Å². The summed E-state index contributed by atoms with van der Waals surface area (Å²) in [6.07, 6.45) is 11.2. The normalized spacial score (nSPS) is 36.7. The molecule has 0 amide bonds. The Bertz CT molecular complexity index is 1420. The molecule has 7 rings (SSSR count). The molecule has 0 radical (unpaired) electrons. The van der Waals surface area contributed by atoms with E-state index in [-0.39, 0.29) is 29.1 Å². The van der Waals surface area contributed by atoms with Crippen molar-refractivity contribution in [3.8, 4) is 0 Å². The van der Waals surface area contributed by atoms with Crippen LogP contribution in [0, 0.1) is 34.5 Å². The third-order valence-corrected chi connectivity index (χ3v) is 12.7. The smallest absolute Gasteiger partial charge is 0.0878 e. The van der Waals surface area contributed by atoms with Crippen LogP contribution in [0.3, 0.4) is 0 Å². The van der Waals surface area contributed by atoms with Gasteiger partial charge in [-0.05, 0) is 103 Å². The molecule has 4 aliphatic rings. The number of benzene rings is 3. The van der Waals surface area contributed by atoms with E-state index in [4.69, 9.17) is 14.2 Å². The second-order valence-corrected chi connectivity index (χ2v) is 14.9. The van der Waals surface area contributed by atoms with Gasteiger partial charge in [-0.2, -0.15) is 0 Å². The first-order chi connectivity index (χ1) is 22.0. The van der Waals surface area contributed by atoms with Crippen LogP contribution in [-0.2, 0) is 34.0 Å². The highest BCUT2D eigenvalue weighted by Gasteiger charge is 2.65. The minimum absolute atomic E-state index is 0.0281. The quantitative estimate of drug-likeness (QED) is 0.228. The van der Waals surface area contributed by atoms with Crippen molar-refractivity contribution in [2.24, 2.45) is 34.5 Å². The minimum Gasteiger partial charge on any atom is -0.374 e. The van der Waals surface area contributed by atoms with Crippen LogP contribution in [-0.4, -0.2) is 18.3 Å². The summed E-state index contributed by atoms with van der Waals surface area (Å²) in [5.41, 5.74) is 5.90. The van der Waals surface area contributed by atoms with Gasteiger partial charge in [-0.1, -0.05) is 116 Å². The van der Waals surface area contributed by atoms with E-state index in [0.717, 1.165) is 12.8 Å². The zero-order valence-electron chi connectivity index (χ0n) is 27.6. The Kier molecular flexibility index (Phi) is 9.05. The summed E-state index contributed by atoms with van der Waals surface area (Å²) in [6.45, 7) is 9.40. The Morgan fingerprint density at radius 1 is 0.622 bits per heavy atom. The Balaban J connectivity index is 1.24. The number of hydrogen-bond donors (Lipinski definition) is 0. The molecule has 4 fully saturated rings. The molecule has 3 aromatic rings. The molecule has 4 saturated carbocycles. The van der Waals surface area contributed by atoms with Crippen molar-refractivity contribution in [2.75, 3.05) is 0 Å². The zero-order valence-corrected chi connectivity index (χ0v) is 27.6.